The first-order valence-corrected chi connectivity index (χ1v) is 9.77. The van der Waals surface area contributed by atoms with Crippen LogP contribution in [-0.4, -0.2) is 23.5 Å². The van der Waals surface area contributed by atoms with Crippen molar-refractivity contribution in [1.29, 1.82) is 0 Å². The Labute approximate surface area is 184 Å². The highest BCUT2D eigenvalue weighted by Gasteiger charge is 2.27. The van der Waals surface area contributed by atoms with Gasteiger partial charge in [0.1, 0.15) is 23.7 Å². The number of aryl methyl sites for hydroxylation is 1. The van der Waals surface area contributed by atoms with E-state index in [2.05, 4.69) is 20.9 Å². The molecule has 10 heteroatoms. The SMILES string of the molecule is CC(=O)OCC(Oc1ccc(F)c(C(N)=O)c1F)c1nc(-c2ccc(C)cc2)c(Br)o1. The van der Waals surface area contributed by atoms with Gasteiger partial charge in [0, 0.05) is 12.5 Å². The number of esters is 1. The van der Waals surface area contributed by atoms with Gasteiger partial charge in [0.05, 0.1) is 0 Å². The van der Waals surface area contributed by atoms with Gasteiger partial charge < -0.3 is 19.6 Å². The molecule has 0 saturated carbocycles. The van der Waals surface area contributed by atoms with E-state index in [0.717, 1.165) is 23.3 Å². The molecule has 2 N–H and O–H groups in total. The van der Waals surface area contributed by atoms with Crippen molar-refractivity contribution in [3.05, 3.63) is 69.7 Å². The van der Waals surface area contributed by atoms with E-state index in [0.29, 0.717) is 5.69 Å². The van der Waals surface area contributed by atoms with Crippen molar-refractivity contribution in [1.82, 2.24) is 4.98 Å². The third-order valence-electron chi connectivity index (χ3n) is 4.21. The number of rotatable bonds is 7. The van der Waals surface area contributed by atoms with Gasteiger partial charge in [-0.3, -0.25) is 9.59 Å². The first-order chi connectivity index (χ1) is 14.7. The van der Waals surface area contributed by atoms with Gasteiger partial charge in [-0.1, -0.05) is 29.8 Å². The van der Waals surface area contributed by atoms with E-state index < -0.39 is 40.9 Å². The maximum atomic E-state index is 14.6. The van der Waals surface area contributed by atoms with Crippen molar-refractivity contribution in [3.63, 3.8) is 0 Å². The van der Waals surface area contributed by atoms with Gasteiger partial charge >= 0.3 is 5.97 Å². The van der Waals surface area contributed by atoms with E-state index >= 15 is 0 Å². The molecule has 1 atom stereocenters. The lowest BCUT2D eigenvalue weighted by Gasteiger charge is -2.17. The minimum atomic E-state index is -1.29. The Morgan fingerprint density at radius 1 is 1.19 bits per heavy atom. The predicted molar refractivity (Wildman–Crippen MR) is 109 cm³/mol. The highest BCUT2D eigenvalue weighted by Crippen LogP contribution is 2.34. The zero-order chi connectivity index (χ0) is 22.7. The minimum Gasteiger partial charge on any atom is -0.474 e. The van der Waals surface area contributed by atoms with Crippen LogP contribution in [0.5, 0.6) is 5.75 Å². The molecular weight excluding hydrogens is 478 g/mol. The van der Waals surface area contributed by atoms with Gasteiger partial charge in [-0.15, -0.1) is 0 Å². The van der Waals surface area contributed by atoms with Crippen LogP contribution in [0.2, 0.25) is 0 Å². The van der Waals surface area contributed by atoms with Crippen LogP contribution in [-0.2, 0) is 9.53 Å². The average Bonchev–Trinajstić information content (AvgIpc) is 3.08. The van der Waals surface area contributed by atoms with Crippen LogP contribution in [0, 0.1) is 18.6 Å². The summed E-state index contributed by atoms with van der Waals surface area (Å²) in [5, 5.41) is 0. The Morgan fingerprint density at radius 3 is 2.48 bits per heavy atom. The van der Waals surface area contributed by atoms with Crippen LogP contribution in [0.15, 0.2) is 45.5 Å². The third-order valence-corrected chi connectivity index (χ3v) is 4.75. The lowest BCUT2D eigenvalue weighted by Crippen LogP contribution is -2.20. The largest absolute Gasteiger partial charge is 0.474 e. The number of nitrogens with two attached hydrogens (primary N) is 1. The van der Waals surface area contributed by atoms with Crippen LogP contribution < -0.4 is 10.5 Å². The number of ether oxygens (including phenoxy) is 2. The summed E-state index contributed by atoms with van der Waals surface area (Å²) >= 11 is 3.28. The van der Waals surface area contributed by atoms with Crippen LogP contribution in [0.1, 0.15) is 34.8 Å². The molecule has 31 heavy (non-hydrogen) atoms. The molecule has 0 aliphatic heterocycles. The molecule has 162 valence electrons. The second-order valence-corrected chi connectivity index (χ2v) is 7.27. The molecule has 0 radical (unpaired) electrons. The first kappa shape index (κ1) is 22.4. The predicted octanol–water partition coefficient (Wildman–Crippen LogP) is 4.47. The standard InChI is InChI=1S/C21H17BrF2N2O5/c1-10-3-5-12(6-4-10)18-19(22)31-21(26-18)15(9-29-11(2)27)30-14-8-7-13(23)16(17(14)24)20(25)28/h3-8,15H,9H2,1-2H3,(H2,25,28). The van der Waals surface area contributed by atoms with Gasteiger partial charge in [-0.25, -0.2) is 13.8 Å². The Morgan fingerprint density at radius 2 is 1.87 bits per heavy atom. The highest BCUT2D eigenvalue weighted by atomic mass is 79.9. The molecule has 2 aromatic carbocycles. The Bertz CT molecular complexity index is 1130. The van der Waals surface area contributed by atoms with Crippen LogP contribution >= 0.6 is 15.9 Å². The number of hydrogen-bond donors (Lipinski definition) is 1. The van der Waals surface area contributed by atoms with Crippen LogP contribution in [0.3, 0.4) is 0 Å². The van der Waals surface area contributed by atoms with E-state index in [9.17, 15) is 18.4 Å². The van der Waals surface area contributed by atoms with Crippen molar-refractivity contribution >= 4 is 27.8 Å². The number of primary amides is 1. The van der Waals surface area contributed by atoms with Gasteiger partial charge in [-0.05, 0) is 35.0 Å². The quantitative estimate of drug-likeness (QED) is 0.485. The fourth-order valence-electron chi connectivity index (χ4n) is 2.70. The van der Waals surface area contributed by atoms with E-state index in [1.165, 1.54) is 6.92 Å². The molecular formula is C21H17BrF2N2O5. The summed E-state index contributed by atoms with van der Waals surface area (Å²) in [6.45, 7) is 2.75. The van der Waals surface area contributed by atoms with Gasteiger partial charge in [-0.2, -0.15) is 0 Å². The molecule has 1 heterocycles. The summed E-state index contributed by atoms with van der Waals surface area (Å²) in [4.78, 5) is 27.0. The Balaban J connectivity index is 1.98. The summed E-state index contributed by atoms with van der Waals surface area (Å²) in [5.41, 5.74) is 6.33. The summed E-state index contributed by atoms with van der Waals surface area (Å²) in [7, 11) is 0. The Hall–Kier alpha value is -3.27. The van der Waals surface area contributed by atoms with Crippen molar-refractivity contribution in [2.45, 2.75) is 20.0 Å². The van der Waals surface area contributed by atoms with E-state index in [1.54, 1.807) is 0 Å². The third kappa shape index (κ3) is 5.08. The van der Waals surface area contributed by atoms with Crippen molar-refractivity contribution in [3.8, 4) is 17.0 Å². The zero-order valence-electron chi connectivity index (χ0n) is 16.4. The lowest BCUT2D eigenvalue weighted by molar-refractivity contribution is -0.143. The zero-order valence-corrected chi connectivity index (χ0v) is 18.0. The van der Waals surface area contributed by atoms with Gasteiger partial charge in [0.2, 0.25) is 12.0 Å². The summed E-state index contributed by atoms with van der Waals surface area (Å²) in [5.74, 6) is -4.85. The Kier molecular flexibility index (Phi) is 6.69. The maximum absolute atomic E-state index is 14.6. The number of nitrogens with zero attached hydrogens (tertiary/aromatic N) is 1. The minimum absolute atomic E-state index is 0.0342. The fourth-order valence-corrected chi connectivity index (χ4v) is 3.18. The summed E-state index contributed by atoms with van der Waals surface area (Å²) < 4.78 is 44.8. The average molecular weight is 495 g/mol. The molecule has 3 aromatic rings. The molecule has 0 fully saturated rings. The molecule has 0 spiro atoms. The number of carbonyl (C=O) groups excluding carboxylic acids is 2. The number of benzene rings is 2. The maximum Gasteiger partial charge on any atom is 0.302 e. The molecule has 0 saturated heterocycles. The highest BCUT2D eigenvalue weighted by molar-refractivity contribution is 9.10. The molecule has 0 bridgehead atoms. The number of oxazole rings is 1. The van der Waals surface area contributed by atoms with E-state index in [-0.39, 0.29) is 17.2 Å². The molecule has 3 rings (SSSR count). The van der Waals surface area contributed by atoms with Crippen LogP contribution in [0.4, 0.5) is 8.78 Å². The second kappa shape index (κ2) is 9.25. The monoisotopic (exact) mass is 494 g/mol. The first-order valence-electron chi connectivity index (χ1n) is 8.98. The smallest absolute Gasteiger partial charge is 0.302 e. The molecule has 7 nitrogen and oxygen atoms in total. The van der Waals surface area contributed by atoms with Crippen molar-refractivity contribution in [2.24, 2.45) is 5.73 Å². The second-order valence-electron chi connectivity index (χ2n) is 6.55. The van der Waals surface area contributed by atoms with Crippen LogP contribution in [0.25, 0.3) is 11.3 Å². The van der Waals surface area contributed by atoms with E-state index in [1.807, 2.05) is 31.2 Å². The molecule has 1 unspecified atom stereocenters. The fraction of sp³-hybridized carbons (Fsp3) is 0.190. The summed E-state index contributed by atoms with van der Waals surface area (Å²) in [6.07, 6.45) is -1.19. The molecule has 1 amide bonds. The van der Waals surface area contributed by atoms with Gasteiger partial charge in [0.15, 0.2) is 16.2 Å². The summed E-state index contributed by atoms with van der Waals surface area (Å²) in [6, 6.07) is 9.27. The number of halogens is 3. The number of carbonyl (C=O) groups is 2. The molecule has 1 aromatic heterocycles. The van der Waals surface area contributed by atoms with E-state index in [4.69, 9.17) is 19.6 Å². The molecule has 0 aliphatic rings. The normalized spacial score (nSPS) is 11.8. The topological polar surface area (TPSA) is 105 Å². The van der Waals surface area contributed by atoms with Gasteiger partial charge in [0.25, 0.3) is 5.91 Å². The number of aromatic nitrogens is 1. The number of amides is 1. The molecule has 0 aliphatic carbocycles. The lowest BCUT2D eigenvalue weighted by atomic mass is 10.1. The van der Waals surface area contributed by atoms with Crippen molar-refractivity contribution in [2.75, 3.05) is 6.61 Å². The number of hydrogen-bond acceptors (Lipinski definition) is 6. The van der Waals surface area contributed by atoms with Crippen molar-refractivity contribution < 1.29 is 32.3 Å².